The van der Waals surface area contributed by atoms with Crippen LogP contribution >= 0.6 is 0 Å². The maximum absolute atomic E-state index is 11.7. The second kappa shape index (κ2) is 7.92. The Labute approximate surface area is 163 Å². The molecular formula is C24H19NO3. The van der Waals surface area contributed by atoms with E-state index in [0.717, 1.165) is 33.5 Å². The fourth-order valence-electron chi connectivity index (χ4n) is 3.03. The lowest BCUT2D eigenvalue weighted by Gasteiger charge is -2.08. The van der Waals surface area contributed by atoms with Gasteiger partial charge in [-0.3, -0.25) is 0 Å². The minimum Gasteiger partial charge on any atom is -0.487 e. The number of aromatic nitrogens is 1. The first kappa shape index (κ1) is 17.7. The molecule has 0 saturated carbocycles. The second-order valence-electron chi connectivity index (χ2n) is 6.38. The molecule has 28 heavy (non-hydrogen) atoms. The molecule has 0 fully saturated rings. The van der Waals surface area contributed by atoms with Crippen LogP contribution in [0.2, 0.25) is 0 Å². The van der Waals surface area contributed by atoms with E-state index in [2.05, 4.69) is 11.1 Å². The Morgan fingerprint density at radius 3 is 2.50 bits per heavy atom. The summed E-state index contributed by atoms with van der Waals surface area (Å²) in [5.74, 6) is 0.424. The molecule has 4 nitrogen and oxygen atoms in total. The molecule has 0 saturated heterocycles. The Morgan fingerprint density at radius 1 is 0.857 bits per heavy atom. The molecule has 0 unspecified atom stereocenters. The second-order valence-corrected chi connectivity index (χ2v) is 6.38. The fraction of sp³-hybridized carbons (Fsp3) is 0.0833. The molecule has 0 aliphatic rings. The van der Waals surface area contributed by atoms with Crippen molar-refractivity contribution in [1.29, 1.82) is 0 Å². The topological polar surface area (TPSA) is 48.4 Å². The molecule has 4 heteroatoms. The van der Waals surface area contributed by atoms with Crippen molar-refractivity contribution >= 4 is 16.9 Å². The number of nitrogens with zero attached hydrogens (tertiary/aromatic N) is 1. The van der Waals surface area contributed by atoms with E-state index in [1.165, 1.54) is 7.11 Å². The first-order chi connectivity index (χ1) is 13.7. The van der Waals surface area contributed by atoms with Crippen molar-refractivity contribution in [2.75, 3.05) is 7.11 Å². The van der Waals surface area contributed by atoms with Gasteiger partial charge in [-0.1, -0.05) is 48.5 Å². The van der Waals surface area contributed by atoms with Gasteiger partial charge in [-0.05, 0) is 47.5 Å². The SMILES string of the molecule is COC(=O)c1cccc(-c2ccc(OCc3ccc4ccccc4n3)cc2)c1. The minimum atomic E-state index is -0.343. The molecule has 0 N–H and O–H groups in total. The molecule has 138 valence electrons. The molecule has 0 atom stereocenters. The van der Waals surface area contributed by atoms with Gasteiger partial charge in [0.1, 0.15) is 12.4 Å². The van der Waals surface area contributed by atoms with E-state index in [1.807, 2.05) is 72.8 Å². The average Bonchev–Trinajstić information content (AvgIpc) is 2.77. The molecule has 0 bridgehead atoms. The summed E-state index contributed by atoms with van der Waals surface area (Å²) in [6.07, 6.45) is 0. The van der Waals surface area contributed by atoms with Crippen LogP contribution in [0.25, 0.3) is 22.0 Å². The normalized spacial score (nSPS) is 10.6. The third-order valence-corrected chi connectivity index (χ3v) is 4.51. The van der Waals surface area contributed by atoms with Crippen molar-refractivity contribution in [2.45, 2.75) is 6.61 Å². The largest absolute Gasteiger partial charge is 0.487 e. The van der Waals surface area contributed by atoms with Crippen molar-refractivity contribution in [1.82, 2.24) is 4.98 Å². The number of hydrogen-bond donors (Lipinski definition) is 0. The first-order valence-electron chi connectivity index (χ1n) is 8.99. The van der Waals surface area contributed by atoms with Crippen molar-refractivity contribution in [2.24, 2.45) is 0 Å². The quantitative estimate of drug-likeness (QED) is 0.450. The van der Waals surface area contributed by atoms with Gasteiger partial charge < -0.3 is 9.47 Å². The van der Waals surface area contributed by atoms with Crippen LogP contribution in [-0.2, 0) is 11.3 Å². The molecule has 4 rings (SSSR count). The molecule has 0 aliphatic heterocycles. The Kier molecular flexibility index (Phi) is 5.02. The van der Waals surface area contributed by atoms with Crippen LogP contribution in [-0.4, -0.2) is 18.1 Å². The number of methoxy groups -OCH3 is 1. The number of ether oxygens (including phenoxy) is 2. The van der Waals surface area contributed by atoms with Crippen LogP contribution in [0.3, 0.4) is 0 Å². The van der Waals surface area contributed by atoms with Crippen LogP contribution in [0.4, 0.5) is 0 Å². The summed E-state index contributed by atoms with van der Waals surface area (Å²) in [5.41, 5.74) is 4.33. The van der Waals surface area contributed by atoms with E-state index in [-0.39, 0.29) is 5.97 Å². The van der Waals surface area contributed by atoms with E-state index in [4.69, 9.17) is 9.47 Å². The van der Waals surface area contributed by atoms with Gasteiger partial charge in [0.25, 0.3) is 0 Å². The molecule has 3 aromatic carbocycles. The predicted octanol–water partition coefficient (Wildman–Crippen LogP) is 5.27. The number of benzene rings is 3. The summed E-state index contributed by atoms with van der Waals surface area (Å²) in [5, 5.41) is 1.12. The Morgan fingerprint density at radius 2 is 1.68 bits per heavy atom. The van der Waals surface area contributed by atoms with Gasteiger partial charge in [-0.15, -0.1) is 0 Å². The Hall–Kier alpha value is -3.66. The summed E-state index contributed by atoms with van der Waals surface area (Å²) >= 11 is 0. The van der Waals surface area contributed by atoms with Gasteiger partial charge >= 0.3 is 5.97 Å². The van der Waals surface area contributed by atoms with Gasteiger partial charge in [0.15, 0.2) is 0 Å². The summed E-state index contributed by atoms with van der Waals surface area (Å²) in [7, 11) is 1.38. The van der Waals surface area contributed by atoms with Gasteiger partial charge in [0.05, 0.1) is 23.9 Å². The number of carbonyl (C=O) groups excluding carboxylic acids is 1. The lowest BCUT2D eigenvalue weighted by Crippen LogP contribution is -2.00. The van der Waals surface area contributed by atoms with E-state index in [9.17, 15) is 4.79 Å². The zero-order valence-electron chi connectivity index (χ0n) is 15.5. The zero-order chi connectivity index (χ0) is 19.3. The van der Waals surface area contributed by atoms with Crippen molar-refractivity contribution in [3.05, 3.63) is 96.2 Å². The highest BCUT2D eigenvalue weighted by molar-refractivity contribution is 5.91. The van der Waals surface area contributed by atoms with Crippen LogP contribution in [0, 0.1) is 0 Å². The monoisotopic (exact) mass is 369 g/mol. The smallest absolute Gasteiger partial charge is 0.337 e. The molecule has 4 aromatic rings. The maximum atomic E-state index is 11.7. The molecule has 0 aliphatic carbocycles. The third kappa shape index (κ3) is 3.86. The number of carbonyl (C=O) groups is 1. The number of hydrogen-bond acceptors (Lipinski definition) is 4. The summed E-state index contributed by atoms with van der Waals surface area (Å²) in [4.78, 5) is 16.3. The molecular weight excluding hydrogens is 350 g/mol. The lowest BCUT2D eigenvalue weighted by molar-refractivity contribution is 0.0601. The van der Waals surface area contributed by atoms with E-state index >= 15 is 0 Å². The van der Waals surface area contributed by atoms with Gasteiger partial charge in [0.2, 0.25) is 0 Å². The standard InChI is InChI=1S/C24H19NO3/c1-27-24(26)20-7-4-6-19(15-20)17-10-13-22(14-11-17)28-16-21-12-9-18-5-2-3-8-23(18)25-21/h2-15H,16H2,1H3. The van der Waals surface area contributed by atoms with Gasteiger partial charge in [0, 0.05) is 5.39 Å². The van der Waals surface area contributed by atoms with E-state index in [0.29, 0.717) is 12.2 Å². The highest BCUT2D eigenvalue weighted by Crippen LogP contribution is 2.24. The summed E-state index contributed by atoms with van der Waals surface area (Å²) < 4.78 is 10.7. The highest BCUT2D eigenvalue weighted by Gasteiger charge is 2.07. The average molecular weight is 369 g/mol. The van der Waals surface area contributed by atoms with Crippen LogP contribution < -0.4 is 4.74 Å². The van der Waals surface area contributed by atoms with Crippen LogP contribution in [0.5, 0.6) is 5.75 Å². The predicted molar refractivity (Wildman–Crippen MR) is 109 cm³/mol. The number of fused-ring (bicyclic) bond motifs is 1. The number of rotatable bonds is 5. The van der Waals surface area contributed by atoms with Crippen molar-refractivity contribution in [3.8, 4) is 16.9 Å². The fourth-order valence-corrected chi connectivity index (χ4v) is 3.03. The van der Waals surface area contributed by atoms with E-state index in [1.54, 1.807) is 6.07 Å². The van der Waals surface area contributed by atoms with Crippen LogP contribution in [0.15, 0.2) is 84.9 Å². The van der Waals surface area contributed by atoms with Gasteiger partial charge in [-0.25, -0.2) is 9.78 Å². The van der Waals surface area contributed by atoms with E-state index < -0.39 is 0 Å². The Bertz CT molecular complexity index is 1120. The van der Waals surface area contributed by atoms with Crippen LogP contribution in [0.1, 0.15) is 16.1 Å². The summed E-state index contributed by atoms with van der Waals surface area (Å²) in [6.45, 7) is 0.405. The number of pyridine rings is 1. The van der Waals surface area contributed by atoms with Crippen molar-refractivity contribution < 1.29 is 14.3 Å². The minimum absolute atomic E-state index is 0.343. The molecule has 0 radical (unpaired) electrons. The Balaban J connectivity index is 1.46. The summed E-state index contributed by atoms with van der Waals surface area (Å²) in [6, 6.07) is 27.2. The van der Waals surface area contributed by atoms with Gasteiger partial charge in [-0.2, -0.15) is 0 Å². The first-order valence-corrected chi connectivity index (χ1v) is 8.99. The zero-order valence-corrected chi connectivity index (χ0v) is 15.5. The molecule has 0 spiro atoms. The maximum Gasteiger partial charge on any atom is 0.337 e. The molecule has 0 amide bonds. The molecule has 1 heterocycles. The number of para-hydroxylation sites is 1. The molecule has 1 aromatic heterocycles. The third-order valence-electron chi connectivity index (χ3n) is 4.51. The highest BCUT2D eigenvalue weighted by atomic mass is 16.5. The van der Waals surface area contributed by atoms with Crippen molar-refractivity contribution in [3.63, 3.8) is 0 Å². The number of esters is 1. The lowest BCUT2D eigenvalue weighted by atomic mass is 10.0.